The largest absolute Gasteiger partial charge is 0.401 e. The van der Waals surface area contributed by atoms with Crippen molar-refractivity contribution in [3.8, 4) is 0 Å². The summed E-state index contributed by atoms with van der Waals surface area (Å²) in [6.07, 6.45) is -2.04. The van der Waals surface area contributed by atoms with E-state index in [2.05, 4.69) is 0 Å². The number of likely N-dealkylation sites (tertiary alicyclic amines) is 1. The average molecular weight is 410 g/mol. The van der Waals surface area contributed by atoms with Gasteiger partial charge in [0.1, 0.15) is 0 Å². The Bertz CT molecular complexity index is 385. The van der Waals surface area contributed by atoms with Crippen LogP contribution in [-0.4, -0.2) is 61.2 Å². The quantitative estimate of drug-likeness (QED) is 0.668. The summed E-state index contributed by atoms with van der Waals surface area (Å²) < 4.78 is 37.6. The molecular weight excluding hydrogens is 378 g/mol. The fourth-order valence-electron chi connectivity index (χ4n) is 3.35. The molecule has 0 saturated carbocycles. The summed E-state index contributed by atoms with van der Waals surface area (Å²) in [7, 11) is 0. The molecule has 1 aliphatic rings. The van der Waals surface area contributed by atoms with E-state index in [9.17, 15) is 18.0 Å². The van der Waals surface area contributed by atoms with Crippen molar-refractivity contribution in [2.45, 2.75) is 46.2 Å². The highest BCUT2D eigenvalue weighted by molar-refractivity contribution is 5.85. The molecule has 9 heteroatoms. The molecule has 1 atom stereocenters. The van der Waals surface area contributed by atoms with Crippen LogP contribution in [0.15, 0.2) is 0 Å². The normalized spacial score (nSPS) is 18.1. The number of rotatable bonds is 8. The highest BCUT2D eigenvalue weighted by Gasteiger charge is 2.40. The Kier molecular flexibility index (Phi) is 12.4. The number of carbonyl (C=O) groups is 1. The van der Waals surface area contributed by atoms with E-state index in [0.29, 0.717) is 45.6 Å². The standard InChI is InChI=1S/C16H30F3N3O.2ClH/c1-4-15(5-2,11-20)14(23)22-8-7-13(10-22)9-21(6-3)12-16(17,18)19;;/h13H,4-12,20H2,1-3H3;2*1H. The van der Waals surface area contributed by atoms with Gasteiger partial charge >= 0.3 is 6.18 Å². The molecule has 4 nitrogen and oxygen atoms in total. The van der Waals surface area contributed by atoms with Crippen molar-refractivity contribution in [2.75, 3.05) is 39.3 Å². The third-order valence-electron chi connectivity index (χ3n) is 5.14. The smallest absolute Gasteiger partial charge is 0.342 e. The van der Waals surface area contributed by atoms with Gasteiger partial charge in [-0.3, -0.25) is 9.69 Å². The molecule has 0 aliphatic carbocycles. The van der Waals surface area contributed by atoms with Gasteiger partial charge in [-0.2, -0.15) is 13.2 Å². The minimum atomic E-state index is -4.18. The van der Waals surface area contributed by atoms with E-state index < -0.39 is 18.1 Å². The van der Waals surface area contributed by atoms with Gasteiger partial charge in [0, 0.05) is 26.2 Å². The molecule has 0 aromatic carbocycles. The fourth-order valence-corrected chi connectivity index (χ4v) is 3.35. The molecule has 0 aromatic rings. The monoisotopic (exact) mass is 409 g/mol. The molecule has 0 radical (unpaired) electrons. The molecule has 152 valence electrons. The molecule has 0 bridgehead atoms. The minimum absolute atomic E-state index is 0. The minimum Gasteiger partial charge on any atom is -0.342 e. The molecule has 2 N–H and O–H groups in total. The van der Waals surface area contributed by atoms with Gasteiger partial charge in [0.2, 0.25) is 5.91 Å². The summed E-state index contributed by atoms with van der Waals surface area (Å²) in [5.41, 5.74) is 5.30. The maximum atomic E-state index is 12.7. The number of hydrogen-bond donors (Lipinski definition) is 1. The van der Waals surface area contributed by atoms with E-state index in [1.807, 2.05) is 13.8 Å². The van der Waals surface area contributed by atoms with Crippen LogP contribution in [0.1, 0.15) is 40.0 Å². The van der Waals surface area contributed by atoms with Crippen molar-refractivity contribution in [2.24, 2.45) is 17.1 Å². The van der Waals surface area contributed by atoms with Gasteiger partial charge in [-0.05, 0) is 31.7 Å². The lowest BCUT2D eigenvalue weighted by Gasteiger charge is -2.33. The molecule has 1 fully saturated rings. The molecule has 1 aliphatic heterocycles. The molecule has 25 heavy (non-hydrogen) atoms. The molecule has 1 amide bonds. The van der Waals surface area contributed by atoms with Crippen molar-refractivity contribution in [1.82, 2.24) is 9.80 Å². The molecule has 1 saturated heterocycles. The highest BCUT2D eigenvalue weighted by Crippen LogP contribution is 2.31. The van der Waals surface area contributed by atoms with Gasteiger partial charge < -0.3 is 10.6 Å². The number of nitrogens with zero attached hydrogens (tertiary/aromatic N) is 2. The first-order valence-electron chi connectivity index (χ1n) is 8.49. The predicted octanol–water partition coefficient (Wildman–Crippen LogP) is 3.33. The maximum absolute atomic E-state index is 12.7. The van der Waals surface area contributed by atoms with E-state index in [0.717, 1.165) is 6.42 Å². The average Bonchev–Trinajstić information content (AvgIpc) is 2.95. The number of amides is 1. The Morgan fingerprint density at radius 2 is 1.76 bits per heavy atom. The first kappa shape index (κ1) is 27.0. The second-order valence-corrected chi connectivity index (χ2v) is 6.54. The molecule has 0 aromatic heterocycles. The summed E-state index contributed by atoms with van der Waals surface area (Å²) >= 11 is 0. The Morgan fingerprint density at radius 1 is 1.20 bits per heavy atom. The van der Waals surface area contributed by atoms with Crippen LogP contribution in [0.5, 0.6) is 0 Å². The summed E-state index contributed by atoms with van der Waals surface area (Å²) in [5, 5.41) is 0. The summed E-state index contributed by atoms with van der Waals surface area (Å²) in [6.45, 7) is 6.99. The third kappa shape index (κ3) is 7.49. The first-order valence-corrected chi connectivity index (χ1v) is 8.49. The van der Waals surface area contributed by atoms with Gasteiger partial charge in [-0.1, -0.05) is 20.8 Å². The highest BCUT2D eigenvalue weighted by atomic mass is 35.5. The lowest BCUT2D eigenvalue weighted by atomic mass is 9.81. The molecule has 1 rings (SSSR count). The van der Waals surface area contributed by atoms with E-state index >= 15 is 0 Å². The fraction of sp³-hybridized carbons (Fsp3) is 0.938. The zero-order valence-corrected chi connectivity index (χ0v) is 16.9. The van der Waals surface area contributed by atoms with E-state index in [1.165, 1.54) is 4.90 Å². The van der Waals surface area contributed by atoms with Crippen molar-refractivity contribution in [3.05, 3.63) is 0 Å². The predicted molar refractivity (Wildman–Crippen MR) is 99.4 cm³/mol. The Hall–Kier alpha value is -0.240. The Morgan fingerprint density at radius 3 is 2.16 bits per heavy atom. The van der Waals surface area contributed by atoms with Crippen LogP contribution >= 0.6 is 24.8 Å². The van der Waals surface area contributed by atoms with Gasteiger partial charge in [0.15, 0.2) is 0 Å². The topological polar surface area (TPSA) is 49.6 Å². The Balaban J connectivity index is 0. The molecule has 1 unspecified atom stereocenters. The summed E-state index contributed by atoms with van der Waals surface area (Å²) in [5.74, 6) is 0.164. The van der Waals surface area contributed by atoms with Crippen LogP contribution in [0, 0.1) is 11.3 Å². The van der Waals surface area contributed by atoms with Crippen molar-refractivity contribution >= 4 is 30.7 Å². The summed E-state index contributed by atoms with van der Waals surface area (Å²) in [6, 6.07) is 0. The third-order valence-corrected chi connectivity index (χ3v) is 5.14. The number of halogens is 5. The van der Waals surface area contributed by atoms with Crippen molar-refractivity contribution in [1.29, 1.82) is 0 Å². The van der Waals surface area contributed by atoms with E-state index in [4.69, 9.17) is 5.73 Å². The van der Waals surface area contributed by atoms with Crippen LogP contribution in [0.25, 0.3) is 0 Å². The Labute approximate surface area is 161 Å². The van der Waals surface area contributed by atoms with Crippen LogP contribution in [-0.2, 0) is 4.79 Å². The van der Waals surface area contributed by atoms with Gasteiger partial charge in [0.25, 0.3) is 0 Å². The lowest BCUT2D eigenvalue weighted by molar-refractivity contribution is -0.147. The molecular formula is C16H32Cl2F3N3O. The summed E-state index contributed by atoms with van der Waals surface area (Å²) in [4.78, 5) is 16.0. The van der Waals surface area contributed by atoms with Crippen LogP contribution in [0.3, 0.4) is 0 Å². The SMILES string of the molecule is CCN(CC1CCN(C(=O)C(CC)(CC)CN)C1)CC(F)(F)F.Cl.Cl. The van der Waals surface area contributed by atoms with Crippen LogP contribution in [0.4, 0.5) is 13.2 Å². The van der Waals surface area contributed by atoms with Crippen molar-refractivity contribution < 1.29 is 18.0 Å². The molecule has 1 heterocycles. The number of hydrogen-bond acceptors (Lipinski definition) is 3. The number of nitrogens with two attached hydrogens (primary N) is 1. The van der Waals surface area contributed by atoms with E-state index in [1.54, 1.807) is 11.8 Å². The maximum Gasteiger partial charge on any atom is 0.401 e. The second-order valence-electron chi connectivity index (χ2n) is 6.54. The van der Waals surface area contributed by atoms with E-state index in [-0.39, 0.29) is 36.6 Å². The van der Waals surface area contributed by atoms with Crippen LogP contribution < -0.4 is 5.73 Å². The zero-order chi connectivity index (χ0) is 17.7. The van der Waals surface area contributed by atoms with Gasteiger partial charge in [-0.15, -0.1) is 24.8 Å². The molecule has 0 spiro atoms. The number of alkyl halides is 3. The van der Waals surface area contributed by atoms with Crippen molar-refractivity contribution in [3.63, 3.8) is 0 Å². The number of carbonyl (C=O) groups excluding carboxylic acids is 1. The second kappa shape index (κ2) is 11.5. The van der Waals surface area contributed by atoms with Crippen LogP contribution in [0.2, 0.25) is 0 Å². The zero-order valence-electron chi connectivity index (χ0n) is 15.3. The lowest BCUT2D eigenvalue weighted by Crippen LogP contribution is -2.47. The van der Waals surface area contributed by atoms with Gasteiger partial charge in [0.05, 0.1) is 12.0 Å². The van der Waals surface area contributed by atoms with Gasteiger partial charge in [-0.25, -0.2) is 0 Å². The first-order chi connectivity index (χ1) is 10.7.